The van der Waals surface area contributed by atoms with Gasteiger partial charge in [-0.15, -0.1) is 0 Å². The highest BCUT2D eigenvalue weighted by Crippen LogP contribution is 2.41. The molecule has 2 unspecified atom stereocenters. The fourth-order valence-electron chi connectivity index (χ4n) is 7.01. The van der Waals surface area contributed by atoms with Crippen LogP contribution in [0.5, 0.6) is 5.75 Å². The summed E-state index contributed by atoms with van der Waals surface area (Å²) in [4.78, 5) is 44.8. The highest BCUT2D eigenvalue weighted by Gasteiger charge is 2.41. The van der Waals surface area contributed by atoms with Gasteiger partial charge in [-0.3, -0.25) is 14.5 Å². The van der Waals surface area contributed by atoms with Gasteiger partial charge in [0.25, 0.3) is 5.91 Å². The molecule has 2 atom stereocenters. The number of likely N-dealkylation sites (N-methyl/N-ethyl adjacent to an activating group) is 2. The Hall–Kier alpha value is -3.48. The molecule has 1 aromatic carbocycles. The van der Waals surface area contributed by atoms with Crippen LogP contribution in [0.1, 0.15) is 54.9 Å². The topological polar surface area (TPSA) is 115 Å². The molecule has 2 aromatic rings. The third-order valence-electron chi connectivity index (χ3n) is 9.64. The zero-order chi connectivity index (χ0) is 30.8. The van der Waals surface area contributed by atoms with Crippen molar-refractivity contribution >= 4 is 35.0 Å². The summed E-state index contributed by atoms with van der Waals surface area (Å²) < 4.78 is 11.7. The van der Waals surface area contributed by atoms with E-state index in [-0.39, 0.29) is 24.0 Å². The van der Waals surface area contributed by atoms with Crippen molar-refractivity contribution in [1.82, 2.24) is 25.1 Å². The molecular weight excluding hydrogens is 560 g/mol. The van der Waals surface area contributed by atoms with Crippen molar-refractivity contribution in [2.24, 2.45) is 0 Å². The average molecular weight is 607 g/mol. The number of anilines is 4. The fourth-order valence-corrected chi connectivity index (χ4v) is 7.01. The van der Waals surface area contributed by atoms with Crippen LogP contribution in [-0.4, -0.2) is 117 Å². The van der Waals surface area contributed by atoms with Crippen LogP contribution in [0.25, 0.3) is 0 Å². The number of fused-ring (bicyclic) bond motifs is 2. The van der Waals surface area contributed by atoms with Gasteiger partial charge in [-0.05, 0) is 38.4 Å². The molecule has 6 rings (SSSR count). The highest BCUT2D eigenvalue weighted by atomic mass is 16.5. The molecule has 2 fully saturated rings. The first-order chi connectivity index (χ1) is 21.4. The van der Waals surface area contributed by atoms with Gasteiger partial charge in [-0.2, -0.15) is 4.98 Å². The molecule has 2 amide bonds. The Bertz CT molecular complexity index is 1360. The van der Waals surface area contributed by atoms with Crippen molar-refractivity contribution in [2.75, 3.05) is 82.2 Å². The number of nitrogens with one attached hydrogen (secondary N) is 2. The van der Waals surface area contributed by atoms with E-state index in [4.69, 9.17) is 14.5 Å². The van der Waals surface area contributed by atoms with Crippen LogP contribution in [0.4, 0.5) is 23.1 Å². The van der Waals surface area contributed by atoms with Crippen LogP contribution in [-0.2, 0) is 16.0 Å². The first-order valence-corrected chi connectivity index (χ1v) is 16.1. The Morgan fingerprint density at radius 1 is 1.16 bits per heavy atom. The lowest BCUT2D eigenvalue weighted by Crippen LogP contribution is -2.55. The molecule has 0 radical (unpaired) electrons. The molecule has 3 aliphatic heterocycles. The van der Waals surface area contributed by atoms with Crippen LogP contribution < -0.4 is 25.2 Å². The molecule has 12 nitrogen and oxygen atoms in total. The van der Waals surface area contributed by atoms with Crippen molar-refractivity contribution in [2.45, 2.75) is 63.6 Å². The zero-order valence-corrected chi connectivity index (χ0v) is 26.5. The highest BCUT2D eigenvalue weighted by molar-refractivity contribution is 6.04. The molecule has 44 heavy (non-hydrogen) atoms. The van der Waals surface area contributed by atoms with E-state index in [0.717, 1.165) is 74.7 Å². The second kappa shape index (κ2) is 13.3. The molecule has 4 heterocycles. The zero-order valence-electron chi connectivity index (χ0n) is 26.5. The van der Waals surface area contributed by atoms with E-state index in [2.05, 4.69) is 44.3 Å². The maximum Gasteiger partial charge on any atom is 0.251 e. The van der Waals surface area contributed by atoms with Gasteiger partial charge in [0.15, 0.2) is 5.82 Å². The number of hydrogen-bond acceptors (Lipinski definition) is 10. The van der Waals surface area contributed by atoms with Gasteiger partial charge in [-0.1, -0.05) is 19.8 Å². The first-order valence-electron chi connectivity index (χ1n) is 16.1. The molecule has 1 saturated heterocycles. The Kier molecular flexibility index (Phi) is 9.20. The SMILES string of the molecule is CCC1C(=O)N(C)c2cnc(Nc3ccc(C(=O)NCC(CN4CCN(C)CC4)OC)c4c3OCC4)nc2N1C1CCCC1. The van der Waals surface area contributed by atoms with Gasteiger partial charge in [0, 0.05) is 77.0 Å². The number of ether oxygens (including phenoxy) is 2. The van der Waals surface area contributed by atoms with Crippen LogP contribution >= 0.6 is 0 Å². The normalized spacial score (nSPS) is 21.6. The van der Waals surface area contributed by atoms with Crippen LogP contribution in [0, 0.1) is 0 Å². The lowest BCUT2D eigenvalue weighted by molar-refractivity contribution is -0.120. The number of carbonyl (C=O) groups is 2. The van der Waals surface area contributed by atoms with Gasteiger partial charge in [-0.25, -0.2) is 4.98 Å². The summed E-state index contributed by atoms with van der Waals surface area (Å²) in [5.74, 6) is 1.85. The second-order valence-corrected chi connectivity index (χ2v) is 12.4. The molecule has 12 heteroatoms. The van der Waals surface area contributed by atoms with Gasteiger partial charge in [0.05, 0.1) is 24.6 Å². The molecule has 4 aliphatic rings. The molecule has 0 bridgehead atoms. The number of carbonyl (C=O) groups excluding carboxylic acids is 2. The summed E-state index contributed by atoms with van der Waals surface area (Å²) in [5, 5.41) is 6.45. The summed E-state index contributed by atoms with van der Waals surface area (Å²) in [6.07, 6.45) is 7.47. The Morgan fingerprint density at radius 3 is 2.66 bits per heavy atom. The summed E-state index contributed by atoms with van der Waals surface area (Å²) >= 11 is 0. The van der Waals surface area contributed by atoms with E-state index >= 15 is 0 Å². The fraction of sp³-hybridized carbons (Fsp3) is 0.625. The largest absolute Gasteiger partial charge is 0.491 e. The van der Waals surface area contributed by atoms with Gasteiger partial charge >= 0.3 is 0 Å². The third-order valence-corrected chi connectivity index (χ3v) is 9.64. The number of rotatable bonds is 10. The van der Waals surface area contributed by atoms with Crippen LogP contribution in [0.15, 0.2) is 18.3 Å². The van der Waals surface area contributed by atoms with E-state index in [0.29, 0.717) is 42.9 Å². The van der Waals surface area contributed by atoms with Gasteiger partial charge in [0.2, 0.25) is 11.9 Å². The molecule has 238 valence electrons. The van der Waals surface area contributed by atoms with E-state index in [1.54, 1.807) is 25.3 Å². The summed E-state index contributed by atoms with van der Waals surface area (Å²) in [6.45, 7) is 7.88. The number of hydrogen-bond donors (Lipinski definition) is 2. The van der Waals surface area contributed by atoms with Crippen molar-refractivity contribution in [3.05, 3.63) is 29.5 Å². The Labute approximate surface area is 260 Å². The summed E-state index contributed by atoms with van der Waals surface area (Å²) in [6, 6.07) is 3.77. The summed E-state index contributed by atoms with van der Waals surface area (Å²) in [5.41, 5.74) is 2.94. The molecular formula is C32H46N8O4. The Morgan fingerprint density at radius 2 is 1.93 bits per heavy atom. The quantitative estimate of drug-likeness (QED) is 0.418. The Balaban J connectivity index is 1.18. The van der Waals surface area contributed by atoms with Crippen molar-refractivity contribution in [3.63, 3.8) is 0 Å². The monoisotopic (exact) mass is 606 g/mol. The van der Waals surface area contributed by atoms with E-state index in [9.17, 15) is 9.59 Å². The molecule has 1 aromatic heterocycles. The number of aromatic nitrogens is 2. The molecule has 1 saturated carbocycles. The lowest BCUT2D eigenvalue weighted by atomic mass is 10.0. The van der Waals surface area contributed by atoms with Crippen LogP contribution in [0.2, 0.25) is 0 Å². The van der Waals surface area contributed by atoms with E-state index in [1.165, 1.54) is 12.8 Å². The van der Waals surface area contributed by atoms with Crippen molar-refractivity contribution < 1.29 is 19.1 Å². The predicted octanol–water partition coefficient (Wildman–Crippen LogP) is 2.65. The summed E-state index contributed by atoms with van der Waals surface area (Å²) in [7, 11) is 5.65. The number of piperazine rings is 1. The van der Waals surface area contributed by atoms with Crippen molar-refractivity contribution in [3.8, 4) is 5.75 Å². The van der Waals surface area contributed by atoms with Crippen molar-refractivity contribution in [1.29, 1.82) is 0 Å². The first kappa shape index (κ1) is 30.5. The maximum absolute atomic E-state index is 13.3. The lowest BCUT2D eigenvalue weighted by Gasteiger charge is -2.43. The number of amides is 2. The van der Waals surface area contributed by atoms with E-state index < -0.39 is 0 Å². The minimum absolute atomic E-state index is 0.0841. The number of nitrogens with zero attached hydrogens (tertiary/aromatic N) is 6. The van der Waals surface area contributed by atoms with Crippen LogP contribution in [0.3, 0.4) is 0 Å². The standard InChI is InChI=1S/C32H46N8O4/c1-5-26-31(42)38(3)27-19-34-32(36-29(27)40(26)21-8-6-7-9-21)35-25-11-10-24(23-12-17-44-28(23)25)30(41)33-18-22(43-4)20-39-15-13-37(2)14-16-39/h10-11,19,21-22,26H,5-9,12-18,20H2,1-4H3,(H,33,41)(H,34,35,36). The van der Waals surface area contributed by atoms with Gasteiger partial charge in [0.1, 0.15) is 17.5 Å². The predicted molar refractivity (Wildman–Crippen MR) is 170 cm³/mol. The third kappa shape index (κ3) is 6.07. The molecule has 1 aliphatic carbocycles. The molecule has 0 spiro atoms. The van der Waals surface area contributed by atoms with Gasteiger partial charge < -0.3 is 34.8 Å². The van der Waals surface area contributed by atoms with E-state index in [1.807, 2.05) is 12.1 Å². The minimum Gasteiger partial charge on any atom is -0.491 e. The number of methoxy groups -OCH3 is 1. The smallest absolute Gasteiger partial charge is 0.251 e. The maximum atomic E-state index is 13.3. The average Bonchev–Trinajstić information content (AvgIpc) is 3.75. The number of benzene rings is 1. The second-order valence-electron chi connectivity index (χ2n) is 12.4. The minimum atomic E-state index is -0.233. The molecule has 2 N–H and O–H groups in total.